The highest BCUT2D eigenvalue weighted by Crippen LogP contribution is 2.15. The molecule has 1 saturated heterocycles. The van der Waals surface area contributed by atoms with Crippen molar-refractivity contribution in [2.45, 2.75) is 52.2 Å². The smallest absolute Gasteiger partial charge is 0.410 e. The van der Waals surface area contributed by atoms with E-state index in [1.165, 1.54) is 0 Å². The van der Waals surface area contributed by atoms with Gasteiger partial charge >= 0.3 is 6.09 Å². The Hall–Kier alpha value is -1.03. The minimum atomic E-state index is -0.411. The van der Waals surface area contributed by atoms with Gasteiger partial charge in [0.05, 0.1) is 0 Å². The first-order chi connectivity index (χ1) is 8.28. The summed E-state index contributed by atoms with van der Waals surface area (Å²) in [7, 11) is 0. The average Bonchev–Trinajstić information content (AvgIpc) is 2.24. The summed E-state index contributed by atoms with van der Waals surface area (Å²) in [5.41, 5.74) is 0.733. The van der Waals surface area contributed by atoms with Crippen molar-refractivity contribution >= 4 is 6.09 Å². The third-order valence-corrected chi connectivity index (χ3v) is 2.84. The lowest BCUT2D eigenvalue weighted by molar-refractivity contribution is 0.0199. The maximum absolute atomic E-state index is 11.9. The van der Waals surface area contributed by atoms with Gasteiger partial charge in [-0.1, -0.05) is 12.2 Å². The highest BCUT2D eigenvalue weighted by atomic mass is 16.6. The number of hydrogen-bond acceptors (Lipinski definition) is 3. The monoisotopic (exact) mass is 254 g/mol. The van der Waals surface area contributed by atoms with Gasteiger partial charge in [0.2, 0.25) is 0 Å². The molecule has 0 atom stereocenters. The molecule has 1 amide bonds. The van der Waals surface area contributed by atoms with Gasteiger partial charge in [0.1, 0.15) is 5.60 Å². The molecule has 0 aromatic carbocycles. The number of piperidine rings is 1. The van der Waals surface area contributed by atoms with Crippen molar-refractivity contribution in [2.24, 2.45) is 0 Å². The molecule has 0 saturated carbocycles. The second kappa shape index (κ2) is 6.23. The summed E-state index contributed by atoms with van der Waals surface area (Å²) in [6.45, 7) is 14.0. The Labute approximate surface area is 110 Å². The molecule has 1 N–H and O–H groups in total. The second-order valence-electron chi connectivity index (χ2n) is 6.08. The maximum atomic E-state index is 11.9. The number of carbonyl (C=O) groups excluding carboxylic acids is 1. The van der Waals surface area contributed by atoms with Gasteiger partial charge in [-0.2, -0.15) is 0 Å². The quantitative estimate of drug-likeness (QED) is 0.787. The molecular weight excluding hydrogens is 228 g/mol. The zero-order valence-corrected chi connectivity index (χ0v) is 12.1. The van der Waals surface area contributed by atoms with E-state index in [2.05, 4.69) is 11.9 Å². The van der Waals surface area contributed by atoms with Crippen molar-refractivity contribution in [1.82, 2.24) is 10.2 Å². The van der Waals surface area contributed by atoms with E-state index in [4.69, 9.17) is 4.74 Å². The molecule has 0 spiro atoms. The number of amides is 1. The molecule has 0 radical (unpaired) electrons. The van der Waals surface area contributed by atoms with Crippen LogP contribution >= 0.6 is 0 Å². The number of nitrogens with one attached hydrogen (secondary N) is 1. The lowest BCUT2D eigenvalue weighted by atomic mass is 10.1. The molecule has 1 aliphatic heterocycles. The molecular formula is C14H26N2O2. The minimum absolute atomic E-state index is 0.194. The van der Waals surface area contributed by atoms with Crippen LogP contribution in [0.5, 0.6) is 0 Å². The number of rotatable bonds is 3. The van der Waals surface area contributed by atoms with Crippen LogP contribution in [0.3, 0.4) is 0 Å². The van der Waals surface area contributed by atoms with Crippen molar-refractivity contribution in [1.29, 1.82) is 0 Å². The summed E-state index contributed by atoms with van der Waals surface area (Å²) in [6, 6.07) is 0.486. The minimum Gasteiger partial charge on any atom is -0.444 e. The molecule has 0 unspecified atom stereocenters. The van der Waals surface area contributed by atoms with E-state index < -0.39 is 5.60 Å². The van der Waals surface area contributed by atoms with Crippen molar-refractivity contribution < 1.29 is 9.53 Å². The Kier molecular flexibility index (Phi) is 5.20. The van der Waals surface area contributed by atoms with E-state index in [9.17, 15) is 4.79 Å². The predicted octanol–water partition coefficient (Wildman–Crippen LogP) is 2.55. The van der Waals surface area contributed by atoms with E-state index in [1.807, 2.05) is 27.7 Å². The molecule has 0 bridgehead atoms. The summed E-state index contributed by atoms with van der Waals surface area (Å²) in [5.74, 6) is 0. The number of carbonyl (C=O) groups is 1. The lowest BCUT2D eigenvalue weighted by Gasteiger charge is -2.33. The highest BCUT2D eigenvalue weighted by molar-refractivity contribution is 5.68. The van der Waals surface area contributed by atoms with Crippen LogP contribution in [0.4, 0.5) is 4.79 Å². The highest BCUT2D eigenvalue weighted by Gasteiger charge is 2.26. The largest absolute Gasteiger partial charge is 0.444 e. The van der Waals surface area contributed by atoms with Gasteiger partial charge in [-0.15, -0.1) is 0 Å². The zero-order valence-electron chi connectivity index (χ0n) is 12.1. The molecule has 104 valence electrons. The van der Waals surface area contributed by atoms with Gasteiger partial charge in [-0.25, -0.2) is 4.79 Å². The van der Waals surface area contributed by atoms with Gasteiger partial charge in [-0.05, 0) is 40.5 Å². The molecule has 4 nitrogen and oxygen atoms in total. The summed E-state index contributed by atoms with van der Waals surface area (Å²) >= 11 is 0. The first-order valence-corrected chi connectivity index (χ1v) is 6.63. The topological polar surface area (TPSA) is 41.6 Å². The Balaban J connectivity index is 2.30. The van der Waals surface area contributed by atoms with Crippen LogP contribution in [-0.4, -0.2) is 42.3 Å². The maximum Gasteiger partial charge on any atom is 0.410 e. The van der Waals surface area contributed by atoms with Crippen LogP contribution in [0.1, 0.15) is 40.5 Å². The molecule has 4 heteroatoms. The second-order valence-corrected chi connectivity index (χ2v) is 6.08. The van der Waals surface area contributed by atoms with Crippen LogP contribution in [0, 0.1) is 0 Å². The Bertz CT molecular complexity index is 299. The SMILES string of the molecule is C=C(C)CNC1CCN(C(=O)OC(C)(C)C)CC1. The number of likely N-dealkylation sites (tertiary alicyclic amines) is 1. The summed E-state index contributed by atoms with van der Waals surface area (Å²) in [6.07, 6.45) is 1.76. The van der Waals surface area contributed by atoms with Gasteiger partial charge < -0.3 is 15.0 Å². The van der Waals surface area contributed by atoms with Crippen molar-refractivity contribution in [3.63, 3.8) is 0 Å². The van der Waals surface area contributed by atoms with Gasteiger partial charge in [0.25, 0.3) is 0 Å². The molecule has 0 aliphatic carbocycles. The summed E-state index contributed by atoms with van der Waals surface area (Å²) < 4.78 is 5.36. The molecule has 18 heavy (non-hydrogen) atoms. The zero-order chi connectivity index (χ0) is 13.8. The van der Waals surface area contributed by atoms with Gasteiger partial charge in [-0.3, -0.25) is 0 Å². The van der Waals surface area contributed by atoms with E-state index in [-0.39, 0.29) is 6.09 Å². The molecule has 1 rings (SSSR count). The van der Waals surface area contributed by atoms with Crippen molar-refractivity contribution in [2.75, 3.05) is 19.6 Å². The fraction of sp³-hybridized carbons (Fsp3) is 0.786. The van der Waals surface area contributed by atoms with Crippen LogP contribution in [0.25, 0.3) is 0 Å². The number of ether oxygens (including phenoxy) is 1. The van der Waals surface area contributed by atoms with Crippen molar-refractivity contribution in [3.8, 4) is 0 Å². The third-order valence-electron chi connectivity index (χ3n) is 2.84. The number of hydrogen-bond donors (Lipinski definition) is 1. The fourth-order valence-corrected chi connectivity index (χ4v) is 1.91. The van der Waals surface area contributed by atoms with Crippen LogP contribution in [0.2, 0.25) is 0 Å². The predicted molar refractivity (Wildman–Crippen MR) is 73.6 cm³/mol. The van der Waals surface area contributed by atoms with Crippen molar-refractivity contribution in [3.05, 3.63) is 12.2 Å². The standard InChI is InChI=1S/C14H26N2O2/c1-11(2)10-15-12-6-8-16(9-7-12)13(17)18-14(3,4)5/h12,15H,1,6-10H2,2-5H3. The molecule has 0 aromatic heterocycles. The van der Waals surface area contributed by atoms with E-state index in [0.717, 1.165) is 38.0 Å². The first kappa shape index (κ1) is 15.0. The normalized spacial score (nSPS) is 17.7. The first-order valence-electron chi connectivity index (χ1n) is 6.63. The van der Waals surface area contributed by atoms with Crippen LogP contribution in [0.15, 0.2) is 12.2 Å². The van der Waals surface area contributed by atoms with Crippen LogP contribution < -0.4 is 5.32 Å². The average molecular weight is 254 g/mol. The van der Waals surface area contributed by atoms with E-state index >= 15 is 0 Å². The summed E-state index contributed by atoms with van der Waals surface area (Å²) in [5, 5.41) is 3.45. The molecule has 1 heterocycles. The van der Waals surface area contributed by atoms with Crippen LogP contribution in [-0.2, 0) is 4.74 Å². The van der Waals surface area contributed by atoms with E-state index in [0.29, 0.717) is 6.04 Å². The lowest BCUT2D eigenvalue weighted by Crippen LogP contribution is -2.46. The van der Waals surface area contributed by atoms with E-state index in [1.54, 1.807) is 4.90 Å². The Morgan fingerprint density at radius 1 is 1.39 bits per heavy atom. The number of nitrogens with zero attached hydrogens (tertiary/aromatic N) is 1. The van der Waals surface area contributed by atoms with Gasteiger partial charge in [0.15, 0.2) is 0 Å². The summed E-state index contributed by atoms with van der Waals surface area (Å²) in [4.78, 5) is 13.7. The molecule has 0 aromatic rings. The fourth-order valence-electron chi connectivity index (χ4n) is 1.91. The molecule has 1 aliphatic rings. The van der Waals surface area contributed by atoms with Gasteiger partial charge in [0, 0.05) is 25.7 Å². The Morgan fingerprint density at radius 3 is 2.39 bits per heavy atom. The third kappa shape index (κ3) is 5.54. The Morgan fingerprint density at radius 2 is 1.94 bits per heavy atom. The molecule has 1 fully saturated rings.